The third kappa shape index (κ3) is 2.17. The molecule has 3 aromatic rings. The van der Waals surface area contributed by atoms with Crippen molar-refractivity contribution < 1.29 is 9.50 Å². The van der Waals surface area contributed by atoms with E-state index in [1.54, 1.807) is 18.2 Å². The molecule has 0 radical (unpaired) electrons. The standard InChI is InChI=1S/C14H13FN6O/c15-10-3-1-2-9(6-10)12-7-11(22)8-20(12)14-5-4-13-16-18-19-21(13)17-14/h1-6,11-12,22H,7-8H2/t11-,12+/m0/s1. The lowest BCUT2D eigenvalue weighted by molar-refractivity contribution is 0.194. The van der Waals surface area contributed by atoms with Crippen molar-refractivity contribution in [2.45, 2.75) is 18.6 Å². The summed E-state index contributed by atoms with van der Waals surface area (Å²) in [7, 11) is 0. The predicted molar refractivity (Wildman–Crippen MR) is 75.7 cm³/mol. The van der Waals surface area contributed by atoms with Gasteiger partial charge in [-0.3, -0.25) is 0 Å². The van der Waals surface area contributed by atoms with E-state index in [0.29, 0.717) is 24.4 Å². The first-order valence-electron chi connectivity index (χ1n) is 6.96. The van der Waals surface area contributed by atoms with E-state index in [1.807, 2.05) is 11.0 Å². The number of nitrogens with zero attached hydrogens (tertiary/aromatic N) is 6. The second kappa shape index (κ2) is 4.99. The van der Waals surface area contributed by atoms with Crippen LogP contribution >= 0.6 is 0 Å². The van der Waals surface area contributed by atoms with Gasteiger partial charge in [0, 0.05) is 6.54 Å². The van der Waals surface area contributed by atoms with Crippen LogP contribution in [0.1, 0.15) is 18.0 Å². The van der Waals surface area contributed by atoms with Crippen molar-refractivity contribution in [3.8, 4) is 0 Å². The summed E-state index contributed by atoms with van der Waals surface area (Å²) in [5, 5.41) is 25.5. The van der Waals surface area contributed by atoms with Gasteiger partial charge in [-0.1, -0.05) is 12.1 Å². The molecule has 1 aromatic carbocycles. The molecule has 2 atom stereocenters. The van der Waals surface area contributed by atoms with Crippen molar-refractivity contribution in [2.75, 3.05) is 11.4 Å². The van der Waals surface area contributed by atoms with Crippen molar-refractivity contribution in [1.82, 2.24) is 25.3 Å². The molecule has 4 rings (SSSR count). The maximum absolute atomic E-state index is 13.5. The summed E-state index contributed by atoms with van der Waals surface area (Å²) in [4.78, 5) is 1.94. The van der Waals surface area contributed by atoms with Gasteiger partial charge in [0.05, 0.1) is 12.1 Å². The lowest BCUT2D eigenvalue weighted by Crippen LogP contribution is -2.26. The molecule has 1 aliphatic heterocycles. The number of halogens is 1. The highest BCUT2D eigenvalue weighted by molar-refractivity contribution is 5.48. The number of β-amino-alcohol motifs (C(OH)–C–C–N with tert-alkyl or cyclic N) is 1. The lowest BCUT2D eigenvalue weighted by atomic mass is 10.0. The van der Waals surface area contributed by atoms with Gasteiger partial charge in [0.2, 0.25) is 0 Å². The molecule has 2 aromatic heterocycles. The molecular weight excluding hydrogens is 287 g/mol. The fourth-order valence-corrected chi connectivity index (χ4v) is 2.89. The highest BCUT2D eigenvalue weighted by atomic mass is 19.1. The topological polar surface area (TPSA) is 79.4 Å². The van der Waals surface area contributed by atoms with Gasteiger partial charge in [-0.2, -0.15) is 0 Å². The Kier molecular flexibility index (Phi) is 2.97. The van der Waals surface area contributed by atoms with E-state index in [1.165, 1.54) is 16.8 Å². The van der Waals surface area contributed by atoms with E-state index in [4.69, 9.17) is 0 Å². The minimum absolute atomic E-state index is 0.132. The van der Waals surface area contributed by atoms with Crippen molar-refractivity contribution in [2.24, 2.45) is 0 Å². The Hall–Kier alpha value is -2.61. The summed E-state index contributed by atoms with van der Waals surface area (Å²) in [5.74, 6) is 0.355. The van der Waals surface area contributed by atoms with Crippen LogP contribution < -0.4 is 4.90 Å². The highest BCUT2D eigenvalue weighted by Gasteiger charge is 2.33. The predicted octanol–water partition coefficient (Wildman–Crippen LogP) is 0.971. The average Bonchev–Trinajstić information content (AvgIpc) is 3.12. The smallest absolute Gasteiger partial charge is 0.200 e. The van der Waals surface area contributed by atoms with Gasteiger partial charge in [-0.15, -0.1) is 14.8 Å². The lowest BCUT2D eigenvalue weighted by Gasteiger charge is -2.25. The molecule has 0 spiro atoms. The van der Waals surface area contributed by atoms with Crippen LogP contribution in [0.3, 0.4) is 0 Å². The number of aromatic nitrogens is 5. The molecule has 1 saturated heterocycles. The normalized spacial score (nSPS) is 21.6. The van der Waals surface area contributed by atoms with Gasteiger partial charge in [0.1, 0.15) is 5.82 Å². The number of aliphatic hydroxyl groups is 1. The molecule has 1 fully saturated rings. The van der Waals surface area contributed by atoms with Gasteiger partial charge in [-0.05, 0) is 46.7 Å². The Balaban J connectivity index is 1.74. The van der Waals surface area contributed by atoms with Crippen LogP contribution in [0.2, 0.25) is 0 Å². The third-order valence-corrected chi connectivity index (χ3v) is 3.86. The molecule has 0 unspecified atom stereocenters. The summed E-state index contributed by atoms with van der Waals surface area (Å²) >= 11 is 0. The molecule has 0 saturated carbocycles. The number of benzene rings is 1. The molecule has 0 aliphatic carbocycles. The largest absolute Gasteiger partial charge is 0.391 e. The minimum Gasteiger partial charge on any atom is -0.391 e. The minimum atomic E-state index is -0.486. The maximum Gasteiger partial charge on any atom is 0.200 e. The molecule has 3 heterocycles. The van der Waals surface area contributed by atoms with Crippen LogP contribution in [-0.4, -0.2) is 43.0 Å². The fraction of sp³-hybridized carbons (Fsp3) is 0.286. The maximum atomic E-state index is 13.5. The number of aliphatic hydroxyl groups excluding tert-OH is 1. The molecule has 0 amide bonds. The Labute approximate surface area is 125 Å². The van der Waals surface area contributed by atoms with Gasteiger partial charge in [-0.25, -0.2) is 4.39 Å². The summed E-state index contributed by atoms with van der Waals surface area (Å²) in [6, 6.07) is 9.86. The number of tetrazole rings is 1. The third-order valence-electron chi connectivity index (χ3n) is 3.86. The van der Waals surface area contributed by atoms with Gasteiger partial charge >= 0.3 is 0 Å². The molecular formula is C14H13FN6O. The Morgan fingerprint density at radius 1 is 1.23 bits per heavy atom. The molecule has 8 heteroatoms. The Morgan fingerprint density at radius 2 is 2.14 bits per heavy atom. The van der Waals surface area contributed by atoms with E-state index in [-0.39, 0.29) is 11.9 Å². The second-order valence-electron chi connectivity index (χ2n) is 5.33. The molecule has 112 valence electrons. The fourth-order valence-electron chi connectivity index (χ4n) is 2.89. The molecule has 1 aliphatic rings. The molecule has 7 nitrogen and oxygen atoms in total. The van der Waals surface area contributed by atoms with Crippen LogP contribution in [0.4, 0.5) is 10.2 Å². The van der Waals surface area contributed by atoms with E-state index in [2.05, 4.69) is 20.6 Å². The molecule has 22 heavy (non-hydrogen) atoms. The van der Waals surface area contributed by atoms with Crippen molar-refractivity contribution in [1.29, 1.82) is 0 Å². The zero-order valence-corrected chi connectivity index (χ0v) is 11.5. The van der Waals surface area contributed by atoms with Crippen molar-refractivity contribution in [3.63, 3.8) is 0 Å². The summed E-state index contributed by atoms with van der Waals surface area (Å²) < 4.78 is 14.8. The summed E-state index contributed by atoms with van der Waals surface area (Å²) in [6.07, 6.45) is 0.0401. The van der Waals surface area contributed by atoms with Crippen LogP contribution in [0.25, 0.3) is 5.65 Å². The van der Waals surface area contributed by atoms with E-state index in [0.717, 1.165) is 5.56 Å². The molecule has 1 N–H and O–H groups in total. The number of hydrogen-bond donors (Lipinski definition) is 1. The average molecular weight is 300 g/mol. The van der Waals surface area contributed by atoms with Crippen molar-refractivity contribution in [3.05, 3.63) is 47.8 Å². The summed E-state index contributed by atoms with van der Waals surface area (Å²) in [5.41, 5.74) is 1.36. The number of anilines is 1. The quantitative estimate of drug-likeness (QED) is 0.759. The van der Waals surface area contributed by atoms with E-state index >= 15 is 0 Å². The zero-order chi connectivity index (χ0) is 15.1. The highest BCUT2D eigenvalue weighted by Crippen LogP contribution is 2.35. The van der Waals surface area contributed by atoms with Gasteiger partial charge in [0.15, 0.2) is 11.5 Å². The summed E-state index contributed by atoms with van der Waals surface area (Å²) in [6.45, 7) is 0.432. The first-order chi connectivity index (χ1) is 10.7. The first kappa shape index (κ1) is 13.1. The Bertz CT molecular complexity index is 822. The van der Waals surface area contributed by atoms with Crippen LogP contribution in [0.15, 0.2) is 36.4 Å². The van der Waals surface area contributed by atoms with E-state index < -0.39 is 6.10 Å². The second-order valence-corrected chi connectivity index (χ2v) is 5.33. The van der Waals surface area contributed by atoms with Crippen LogP contribution in [0.5, 0.6) is 0 Å². The van der Waals surface area contributed by atoms with Gasteiger partial charge < -0.3 is 10.0 Å². The number of hydrogen-bond acceptors (Lipinski definition) is 6. The van der Waals surface area contributed by atoms with Crippen LogP contribution in [0, 0.1) is 5.82 Å². The van der Waals surface area contributed by atoms with Gasteiger partial charge in [0.25, 0.3) is 0 Å². The first-order valence-corrected chi connectivity index (χ1v) is 6.96. The van der Waals surface area contributed by atoms with E-state index in [9.17, 15) is 9.50 Å². The number of rotatable bonds is 2. The number of fused-ring (bicyclic) bond motifs is 1. The SMILES string of the molecule is O[C@H]1C[C@H](c2cccc(F)c2)N(c2ccc3nnnn3n2)C1. The molecule has 0 bridgehead atoms. The van der Waals surface area contributed by atoms with Crippen molar-refractivity contribution >= 4 is 11.5 Å². The Morgan fingerprint density at radius 3 is 3.00 bits per heavy atom. The monoisotopic (exact) mass is 300 g/mol. The van der Waals surface area contributed by atoms with Crippen LogP contribution in [-0.2, 0) is 0 Å². The zero-order valence-electron chi connectivity index (χ0n) is 11.5.